The highest BCUT2D eigenvalue weighted by molar-refractivity contribution is 7.93. The van der Waals surface area contributed by atoms with Crippen LogP contribution in [0.2, 0.25) is 0 Å². The van der Waals surface area contributed by atoms with E-state index in [4.69, 9.17) is 4.74 Å². The monoisotopic (exact) mass is 336 g/mol. The molecule has 1 N–H and O–H groups in total. The fourth-order valence-corrected chi connectivity index (χ4v) is 4.39. The molecular weight excluding hydrogens is 312 g/mol. The lowest BCUT2D eigenvalue weighted by Gasteiger charge is -2.32. The smallest absolute Gasteiger partial charge is 0.236 e. The summed E-state index contributed by atoms with van der Waals surface area (Å²) < 4.78 is 33.2. The van der Waals surface area contributed by atoms with E-state index in [0.29, 0.717) is 17.9 Å². The van der Waals surface area contributed by atoms with Crippen molar-refractivity contribution in [2.45, 2.75) is 25.8 Å². The molecule has 1 unspecified atom stereocenters. The Balaban J connectivity index is 1.64. The molecule has 0 aromatic heterocycles. The number of sulfonamides is 1. The summed E-state index contributed by atoms with van der Waals surface area (Å²) in [6.07, 6.45) is 3.15. The van der Waals surface area contributed by atoms with Gasteiger partial charge in [-0.1, -0.05) is 24.3 Å². The van der Waals surface area contributed by atoms with Gasteiger partial charge in [0, 0.05) is 25.7 Å². The Labute approximate surface area is 138 Å². The average Bonchev–Trinajstić information content (AvgIpc) is 2.60. The van der Waals surface area contributed by atoms with E-state index in [9.17, 15) is 8.42 Å². The Bertz CT molecular complexity index is 679. The first-order valence-electron chi connectivity index (χ1n) is 8.16. The molecule has 0 bridgehead atoms. The minimum atomic E-state index is -3.41. The van der Waals surface area contributed by atoms with Crippen LogP contribution in [0, 0.1) is 0 Å². The van der Waals surface area contributed by atoms with Crippen molar-refractivity contribution in [1.29, 1.82) is 0 Å². The quantitative estimate of drug-likeness (QED) is 0.888. The molecule has 0 saturated carbocycles. The van der Waals surface area contributed by atoms with Gasteiger partial charge in [-0.05, 0) is 37.0 Å². The van der Waals surface area contributed by atoms with Crippen LogP contribution >= 0.6 is 0 Å². The first-order chi connectivity index (χ1) is 11.1. The minimum Gasteiger partial charge on any atom is -0.379 e. The Morgan fingerprint density at radius 1 is 1.22 bits per heavy atom. The number of aryl methyl sites for hydroxylation is 1. The molecule has 0 amide bonds. The van der Waals surface area contributed by atoms with Gasteiger partial charge in [0.2, 0.25) is 10.0 Å². The topological polar surface area (TPSA) is 58.6 Å². The number of hydrogen-bond donors (Lipinski definition) is 1. The lowest BCUT2D eigenvalue weighted by molar-refractivity contribution is 0.0213. The standard InChI is InChI=1S/C17H24N2O3S/c1-14(19-8-10-22-11-9-19)13-18-23(20,21)17-7-6-15-4-2-3-5-16(15)12-17/h2-5,12,14,18H,6-11,13H2,1H3. The van der Waals surface area contributed by atoms with Gasteiger partial charge in [0.05, 0.1) is 18.1 Å². The zero-order chi connectivity index (χ0) is 16.3. The number of benzene rings is 1. The molecule has 1 aromatic carbocycles. The van der Waals surface area contributed by atoms with Crippen molar-refractivity contribution in [3.8, 4) is 0 Å². The summed E-state index contributed by atoms with van der Waals surface area (Å²) in [6, 6.07) is 8.14. The Morgan fingerprint density at radius 2 is 1.96 bits per heavy atom. The van der Waals surface area contributed by atoms with Gasteiger partial charge in [-0.25, -0.2) is 13.1 Å². The molecule has 0 spiro atoms. The number of morpholine rings is 1. The summed E-state index contributed by atoms with van der Waals surface area (Å²) in [7, 11) is -3.41. The summed E-state index contributed by atoms with van der Waals surface area (Å²) in [6.45, 7) is 5.65. The van der Waals surface area contributed by atoms with Gasteiger partial charge >= 0.3 is 0 Å². The molecule has 1 aliphatic heterocycles. The maximum absolute atomic E-state index is 12.6. The SMILES string of the molecule is CC(CNS(=O)(=O)C1=Cc2ccccc2CC1)N1CCOCC1. The van der Waals surface area contributed by atoms with Gasteiger partial charge in [-0.15, -0.1) is 0 Å². The highest BCUT2D eigenvalue weighted by Gasteiger charge is 2.24. The second kappa shape index (κ2) is 7.13. The summed E-state index contributed by atoms with van der Waals surface area (Å²) in [5.41, 5.74) is 2.23. The van der Waals surface area contributed by atoms with Crippen molar-refractivity contribution in [2.24, 2.45) is 0 Å². The zero-order valence-electron chi connectivity index (χ0n) is 13.5. The van der Waals surface area contributed by atoms with E-state index < -0.39 is 10.0 Å². The van der Waals surface area contributed by atoms with E-state index >= 15 is 0 Å². The zero-order valence-corrected chi connectivity index (χ0v) is 14.3. The third kappa shape index (κ3) is 4.01. The van der Waals surface area contributed by atoms with E-state index in [2.05, 4.69) is 22.6 Å². The van der Waals surface area contributed by atoms with Gasteiger partial charge in [-0.3, -0.25) is 4.90 Å². The number of hydrogen-bond acceptors (Lipinski definition) is 4. The highest BCUT2D eigenvalue weighted by Crippen LogP contribution is 2.26. The number of nitrogens with one attached hydrogen (secondary N) is 1. The van der Waals surface area contributed by atoms with E-state index in [1.807, 2.05) is 18.2 Å². The van der Waals surface area contributed by atoms with Crippen LogP contribution in [-0.2, 0) is 21.2 Å². The van der Waals surface area contributed by atoms with Crippen LogP contribution in [0.25, 0.3) is 6.08 Å². The van der Waals surface area contributed by atoms with Crippen LogP contribution in [0.4, 0.5) is 0 Å². The van der Waals surface area contributed by atoms with Gasteiger partial charge in [0.25, 0.3) is 0 Å². The van der Waals surface area contributed by atoms with Crippen molar-refractivity contribution in [2.75, 3.05) is 32.8 Å². The first kappa shape index (κ1) is 16.6. The molecule has 6 heteroatoms. The number of allylic oxidation sites excluding steroid dienone is 1. The molecule has 126 valence electrons. The average molecular weight is 336 g/mol. The number of ether oxygens (including phenoxy) is 1. The highest BCUT2D eigenvalue weighted by atomic mass is 32.2. The first-order valence-corrected chi connectivity index (χ1v) is 9.64. The maximum Gasteiger partial charge on any atom is 0.236 e. The minimum absolute atomic E-state index is 0.171. The fraction of sp³-hybridized carbons (Fsp3) is 0.529. The molecule has 2 aliphatic rings. The molecule has 1 atom stereocenters. The molecule has 23 heavy (non-hydrogen) atoms. The molecule has 1 fully saturated rings. The molecule has 1 aliphatic carbocycles. The van der Waals surface area contributed by atoms with Crippen molar-refractivity contribution in [3.63, 3.8) is 0 Å². The number of fused-ring (bicyclic) bond motifs is 1. The molecule has 1 saturated heterocycles. The molecular formula is C17H24N2O3S. The molecule has 1 aromatic rings. The fourth-order valence-electron chi connectivity index (χ4n) is 3.09. The maximum atomic E-state index is 12.6. The van der Waals surface area contributed by atoms with Gasteiger partial charge < -0.3 is 4.74 Å². The van der Waals surface area contributed by atoms with Crippen LogP contribution in [0.1, 0.15) is 24.5 Å². The molecule has 1 heterocycles. The van der Waals surface area contributed by atoms with Crippen LogP contribution < -0.4 is 4.72 Å². The van der Waals surface area contributed by atoms with Gasteiger partial charge in [0.1, 0.15) is 0 Å². The van der Waals surface area contributed by atoms with Crippen LogP contribution in [-0.4, -0.2) is 52.2 Å². The van der Waals surface area contributed by atoms with E-state index in [-0.39, 0.29) is 6.04 Å². The summed E-state index contributed by atoms with van der Waals surface area (Å²) in [5, 5.41) is 0. The predicted octanol–water partition coefficient (Wildman–Crippen LogP) is 1.61. The summed E-state index contributed by atoms with van der Waals surface area (Å²) in [5.74, 6) is 0. The van der Waals surface area contributed by atoms with Crippen LogP contribution in [0.3, 0.4) is 0 Å². The Hall–Kier alpha value is -1.21. The van der Waals surface area contributed by atoms with Gasteiger partial charge in [0.15, 0.2) is 0 Å². The molecule has 0 radical (unpaired) electrons. The third-order valence-corrected chi connectivity index (χ3v) is 6.15. The lowest BCUT2D eigenvalue weighted by Crippen LogP contribution is -2.47. The van der Waals surface area contributed by atoms with Crippen molar-refractivity contribution in [3.05, 3.63) is 40.3 Å². The van der Waals surface area contributed by atoms with Crippen molar-refractivity contribution in [1.82, 2.24) is 9.62 Å². The second-order valence-corrected chi connectivity index (χ2v) is 7.98. The normalized spacial score (nSPS) is 20.7. The Morgan fingerprint density at radius 3 is 2.74 bits per heavy atom. The summed E-state index contributed by atoms with van der Waals surface area (Å²) >= 11 is 0. The van der Waals surface area contributed by atoms with E-state index in [1.54, 1.807) is 6.08 Å². The van der Waals surface area contributed by atoms with E-state index in [0.717, 1.165) is 38.3 Å². The summed E-state index contributed by atoms with van der Waals surface area (Å²) in [4.78, 5) is 2.75. The predicted molar refractivity (Wildman–Crippen MR) is 91.5 cm³/mol. The van der Waals surface area contributed by atoms with Crippen molar-refractivity contribution >= 4 is 16.1 Å². The third-order valence-electron chi connectivity index (χ3n) is 4.60. The van der Waals surface area contributed by atoms with Crippen LogP contribution in [0.5, 0.6) is 0 Å². The van der Waals surface area contributed by atoms with E-state index in [1.165, 1.54) is 5.56 Å². The lowest BCUT2D eigenvalue weighted by atomic mass is 9.98. The molecule has 5 nitrogen and oxygen atoms in total. The van der Waals surface area contributed by atoms with Gasteiger partial charge in [-0.2, -0.15) is 0 Å². The Kier molecular flexibility index (Phi) is 5.16. The largest absolute Gasteiger partial charge is 0.379 e. The molecule has 3 rings (SSSR count). The second-order valence-electron chi connectivity index (χ2n) is 6.16. The van der Waals surface area contributed by atoms with Crippen molar-refractivity contribution < 1.29 is 13.2 Å². The van der Waals surface area contributed by atoms with Crippen LogP contribution in [0.15, 0.2) is 29.2 Å². The number of rotatable bonds is 5. The number of nitrogens with zero attached hydrogens (tertiary/aromatic N) is 1.